The monoisotopic (exact) mass is 238 g/mol. The van der Waals surface area contributed by atoms with E-state index in [9.17, 15) is 4.79 Å². The fourth-order valence-electron chi connectivity index (χ4n) is 1.81. The molecule has 0 aromatic carbocycles. The highest BCUT2D eigenvalue weighted by molar-refractivity contribution is 6.33. The van der Waals surface area contributed by atoms with Gasteiger partial charge in [-0.2, -0.15) is 0 Å². The predicted molar refractivity (Wildman–Crippen MR) is 63.7 cm³/mol. The van der Waals surface area contributed by atoms with Crippen LogP contribution >= 0.6 is 11.6 Å². The smallest absolute Gasteiger partial charge is 0.256 e. The van der Waals surface area contributed by atoms with Crippen LogP contribution in [0.2, 0.25) is 5.02 Å². The number of nitrogens with zero attached hydrogens (tertiary/aromatic N) is 2. The van der Waals surface area contributed by atoms with Gasteiger partial charge < -0.3 is 4.90 Å². The summed E-state index contributed by atoms with van der Waals surface area (Å²) in [5.41, 5.74) is 1.33. The molecule has 1 aromatic heterocycles. The number of halogens is 1. The number of hydrogen-bond donors (Lipinski definition) is 0. The maximum atomic E-state index is 12.1. The van der Waals surface area contributed by atoms with Crippen molar-refractivity contribution in [1.82, 2.24) is 9.88 Å². The normalized spacial score (nSPS) is 15.7. The molecule has 0 N–H and O–H groups in total. The van der Waals surface area contributed by atoms with Crippen LogP contribution in [0.15, 0.2) is 12.3 Å². The van der Waals surface area contributed by atoms with Crippen LogP contribution < -0.4 is 0 Å². The van der Waals surface area contributed by atoms with Gasteiger partial charge in [0.05, 0.1) is 10.6 Å². The maximum absolute atomic E-state index is 12.1. The summed E-state index contributed by atoms with van der Waals surface area (Å²) in [6, 6.07) is 2.11. The molecule has 1 aromatic rings. The molecule has 1 aliphatic rings. The first-order valence-electron chi connectivity index (χ1n) is 5.49. The van der Waals surface area contributed by atoms with Gasteiger partial charge in [-0.25, -0.2) is 0 Å². The molecule has 0 bridgehead atoms. The van der Waals surface area contributed by atoms with Crippen molar-refractivity contribution in [2.45, 2.75) is 32.2 Å². The molecule has 16 heavy (non-hydrogen) atoms. The molecule has 2 rings (SSSR count). The molecule has 1 saturated carbocycles. The summed E-state index contributed by atoms with van der Waals surface area (Å²) < 4.78 is 0. The SMILES string of the molecule is Cc1cc(Cl)c(C(=O)N(C)C2CCC2)cn1. The number of carbonyl (C=O) groups excluding carboxylic acids is 1. The largest absolute Gasteiger partial charge is 0.339 e. The number of carbonyl (C=O) groups is 1. The Morgan fingerprint density at radius 1 is 1.56 bits per heavy atom. The molecule has 3 nitrogen and oxygen atoms in total. The van der Waals surface area contributed by atoms with Crippen LogP contribution in [0, 0.1) is 6.92 Å². The molecule has 4 heteroatoms. The van der Waals surface area contributed by atoms with Crippen LogP contribution in [0.3, 0.4) is 0 Å². The van der Waals surface area contributed by atoms with Crippen molar-refractivity contribution in [3.63, 3.8) is 0 Å². The van der Waals surface area contributed by atoms with Crippen molar-refractivity contribution >= 4 is 17.5 Å². The minimum absolute atomic E-state index is 0.0257. The molecule has 0 unspecified atom stereocenters. The van der Waals surface area contributed by atoms with Crippen molar-refractivity contribution in [1.29, 1.82) is 0 Å². The van der Waals surface area contributed by atoms with Crippen molar-refractivity contribution in [2.75, 3.05) is 7.05 Å². The summed E-state index contributed by atoms with van der Waals surface area (Å²) in [7, 11) is 1.84. The van der Waals surface area contributed by atoms with Gasteiger partial charge in [-0.15, -0.1) is 0 Å². The molecule has 86 valence electrons. The van der Waals surface area contributed by atoms with E-state index < -0.39 is 0 Å². The second-order valence-corrected chi connectivity index (χ2v) is 4.71. The van der Waals surface area contributed by atoms with E-state index in [1.807, 2.05) is 14.0 Å². The standard InChI is InChI=1S/C12H15ClN2O/c1-8-6-11(13)10(7-14-8)12(16)15(2)9-4-3-5-9/h6-7,9H,3-5H2,1-2H3. The third kappa shape index (κ3) is 2.05. The van der Waals surface area contributed by atoms with Crippen molar-refractivity contribution in [3.8, 4) is 0 Å². The first-order chi connectivity index (χ1) is 7.59. The molecule has 0 spiro atoms. The maximum Gasteiger partial charge on any atom is 0.256 e. The van der Waals surface area contributed by atoms with E-state index >= 15 is 0 Å². The zero-order valence-corrected chi connectivity index (χ0v) is 10.3. The Kier molecular flexibility index (Phi) is 3.15. The second kappa shape index (κ2) is 4.42. The van der Waals surface area contributed by atoms with E-state index in [4.69, 9.17) is 11.6 Å². The number of aromatic nitrogens is 1. The number of hydrogen-bond acceptors (Lipinski definition) is 2. The Bertz CT molecular complexity index is 415. The highest BCUT2D eigenvalue weighted by Crippen LogP contribution is 2.26. The Balaban J connectivity index is 2.19. The van der Waals surface area contributed by atoms with E-state index in [-0.39, 0.29) is 5.91 Å². The molecule has 0 saturated heterocycles. The number of aryl methyl sites for hydroxylation is 1. The van der Waals surface area contributed by atoms with Crippen molar-refractivity contribution < 1.29 is 4.79 Å². The zero-order chi connectivity index (χ0) is 11.7. The number of rotatable bonds is 2. The molecule has 0 atom stereocenters. The van der Waals surface area contributed by atoms with Gasteiger partial charge in [0.15, 0.2) is 0 Å². The summed E-state index contributed by atoms with van der Waals surface area (Å²) in [6.45, 7) is 1.86. The van der Waals surface area contributed by atoms with Gasteiger partial charge >= 0.3 is 0 Å². The molecule has 0 radical (unpaired) electrons. The van der Waals surface area contributed by atoms with Crippen LogP contribution in [0.1, 0.15) is 35.3 Å². The number of pyridine rings is 1. The van der Waals surface area contributed by atoms with Crippen LogP contribution in [0.25, 0.3) is 0 Å². The lowest BCUT2D eigenvalue weighted by Gasteiger charge is -2.34. The average Bonchev–Trinajstić information content (AvgIpc) is 2.14. The molecular formula is C12H15ClN2O. The van der Waals surface area contributed by atoms with E-state index in [2.05, 4.69) is 4.98 Å². The molecule has 1 amide bonds. The fourth-order valence-corrected chi connectivity index (χ4v) is 2.10. The summed E-state index contributed by atoms with van der Waals surface area (Å²) in [5, 5.41) is 0.490. The Labute approximate surface area is 100 Å². The second-order valence-electron chi connectivity index (χ2n) is 4.31. The third-order valence-electron chi connectivity index (χ3n) is 3.16. The highest BCUT2D eigenvalue weighted by Gasteiger charge is 2.27. The lowest BCUT2D eigenvalue weighted by atomic mass is 9.91. The van der Waals surface area contributed by atoms with Crippen LogP contribution in [0.4, 0.5) is 0 Å². The van der Waals surface area contributed by atoms with Gasteiger partial charge in [0.2, 0.25) is 0 Å². The van der Waals surface area contributed by atoms with Crippen LogP contribution in [0.5, 0.6) is 0 Å². The molecule has 0 aliphatic heterocycles. The molecular weight excluding hydrogens is 224 g/mol. The summed E-state index contributed by atoms with van der Waals surface area (Å²) in [5.74, 6) is -0.0257. The van der Waals surface area contributed by atoms with E-state index in [1.165, 1.54) is 6.42 Å². The van der Waals surface area contributed by atoms with Crippen molar-refractivity contribution in [3.05, 3.63) is 28.5 Å². The van der Waals surface area contributed by atoms with Gasteiger partial charge in [0, 0.05) is 25.0 Å². The third-order valence-corrected chi connectivity index (χ3v) is 3.48. The first kappa shape index (κ1) is 11.4. The highest BCUT2D eigenvalue weighted by atomic mass is 35.5. The van der Waals surface area contributed by atoms with Gasteiger partial charge in [-0.3, -0.25) is 9.78 Å². The Morgan fingerprint density at radius 2 is 2.25 bits per heavy atom. The van der Waals surface area contributed by atoms with Crippen LogP contribution in [-0.4, -0.2) is 28.9 Å². The van der Waals surface area contributed by atoms with Gasteiger partial charge in [0.25, 0.3) is 5.91 Å². The van der Waals surface area contributed by atoms with E-state index in [1.54, 1.807) is 17.2 Å². The molecule has 1 heterocycles. The predicted octanol–water partition coefficient (Wildman–Crippen LogP) is 2.67. The Hall–Kier alpha value is -1.09. The summed E-state index contributed by atoms with van der Waals surface area (Å²) in [4.78, 5) is 18.0. The topological polar surface area (TPSA) is 33.2 Å². The lowest BCUT2D eigenvalue weighted by molar-refractivity contribution is 0.0652. The lowest BCUT2D eigenvalue weighted by Crippen LogP contribution is -2.41. The Morgan fingerprint density at radius 3 is 2.75 bits per heavy atom. The average molecular weight is 239 g/mol. The fraction of sp³-hybridized carbons (Fsp3) is 0.500. The zero-order valence-electron chi connectivity index (χ0n) is 9.53. The molecule has 1 aliphatic carbocycles. The number of amides is 1. The summed E-state index contributed by atoms with van der Waals surface area (Å²) >= 11 is 6.05. The van der Waals surface area contributed by atoms with Gasteiger partial charge in [-0.05, 0) is 32.3 Å². The van der Waals surface area contributed by atoms with Gasteiger partial charge in [-0.1, -0.05) is 11.6 Å². The van der Waals surface area contributed by atoms with E-state index in [0.717, 1.165) is 18.5 Å². The minimum Gasteiger partial charge on any atom is -0.339 e. The van der Waals surface area contributed by atoms with Crippen molar-refractivity contribution in [2.24, 2.45) is 0 Å². The van der Waals surface area contributed by atoms with Gasteiger partial charge in [0.1, 0.15) is 0 Å². The quantitative estimate of drug-likeness (QED) is 0.794. The molecule has 1 fully saturated rings. The van der Waals surface area contributed by atoms with Crippen LogP contribution in [-0.2, 0) is 0 Å². The first-order valence-corrected chi connectivity index (χ1v) is 5.86. The summed E-state index contributed by atoms with van der Waals surface area (Å²) in [6.07, 6.45) is 4.97. The van der Waals surface area contributed by atoms with E-state index in [0.29, 0.717) is 16.6 Å². The minimum atomic E-state index is -0.0257.